The lowest BCUT2D eigenvalue weighted by Gasteiger charge is -2.29. The highest BCUT2D eigenvalue weighted by molar-refractivity contribution is 7.12. The number of ether oxygens (including phenoxy) is 5. The van der Waals surface area contributed by atoms with Crippen LogP contribution in [0.2, 0.25) is 0 Å². The van der Waals surface area contributed by atoms with Crippen LogP contribution in [-0.2, 0) is 35.0 Å². The first-order valence-corrected chi connectivity index (χ1v) is 14.7. The van der Waals surface area contributed by atoms with Gasteiger partial charge in [-0.1, -0.05) is 50.2 Å². The zero-order valence-electron chi connectivity index (χ0n) is 24.5. The zero-order chi connectivity index (χ0) is 31.8. The molecule has 0 saturated carbocycles. The molecule has 232 valence electrons. The fourth-order valence-corrected chi connectivity index (χ4v) is 4.97. The predicted octanol–water partition coefficient (Wildman–Crippen LogP) is 3.38. The number of amides is 1. The second-order valence-corrected chi connectivity index (χ2v) is 11.2. The van der Waals surface area contributed by atoms with E-state index in [2.05, 4.69) is 10.3 Å². The average molecular weight is 625 g/mol. The van der Waals surface area contributed by atoms with E-state index in [0.29, 0.717) is 0 Å². The summed E-state index contributed by atoms with van der Waals surface area (Å²) >= 11 is 1.14. The Morgan fingerprint density at radius 1 is 1.07 bits per heavy atom. The number of carbonyl (C=O) groups is 5. The van der Waals surface area contributed by atoms with Crippen molar-refractivity contribution in [2.75, 3.05) is 13.7 Å². The molecule has 4 atom stereocenters. The zero-order valence-corrected chi connectivity index (χ0v) is 25.3. The number of cyclic esters (lactones) is 2. The van der Waals surface area contributed by atoms with E-state index in [0.717, 1.165) is 16.9 Å². The fraction of sp³-hybridized carbons (Fsp3) is 0.355. The van der Waals surface area contributed by atoms with E-state index in [4.69, 9.17) is 23.7 Å². The van der Waals surface area contributed by atoms with Gasteiger partial charge in [-0.3, -0.25) is 14.4 Å². The monoisotopic (exact) mass is 624 g/mol. The molecule has 1 unspecified atom stereocenters. The van der Waals surface area contributed by atoms with E-state index in [1.54, 1.807) is 43.5 Å². The standard InChI is InChI=1S/C31H32N2O10S/c1-17(2)28(35)42-25-18(3)41-30(37)21(16-40-29(36)20(25)15-19-9-6-5-7-10-19)33-27(34)24-26(22(39-4)12-13-32-24)43-31(38)23-11-8-14-44-23/h5-14,17-18,20-21,25H,15-16H2,1-4H3,(H,33,34)/t18-,20+,21-,25?/m0/s1. The predicted molar refractivity (Wildman–Crippen MR) is 156 cm³/mol. The molecule has 0 bridgehead atoms. The molecule has 4 rings (SSSR count). The maximum absolute atomic E-state index is 13.4. The smallest absolute Gasteiger partial charge is 0.353 e. The molecule has 2 aromatic heterocycles. The highest BCUT2D eigenvalue weighted by Crippen LogP contribution is 2.31. The van der Waals surface area contributed by atoms with Crippen LogP contribution >= 0.6 is 11.3 Å². The molecule has 1 aliphatic rings. The molecule has 1 amide bonds. The molecule has 1 saturated heterocycles. The van der Waals surface area contributed by atoms with Gasteiger partial charge in [-0.2, -0.15) is 0 Å². The van der Waals surface area contributed by atoms with Crippen molar-refractivity contribution in [3.05, 3.63) is 76.2 Å². The number of nitrogens with one attached hydrogen (secondary N) is 1. The van der Waals surface area contributed by atoms with Gasteiger partial charge in [-0.05, 0) is 30.4 Å². The third-order valence-electron chi connectivity index (χ3n) is 6.69. The van der Waals surface area contributed by atoms with Crippen LogP contribution < -0.4 is 14.8 Å². The van der Waals surface area contributed by atoms with E-state index in [-0.39, 0.29) is 28.5 Å². The Kier molecular flexibility index (Phi) is 10.7. The number of rotatable bonds is 9. The van der Waals surface area contributed by atoms with Gasteiger partial charge in [-0.15, -0.1) is 11.3 Å². The first-order chi connectivity index (χ1) is 21.1. The summed E-state index contributed by atoms with van der Waals surface area (Å²) in [5, 5.41) is 4.14. The number of nitrogens with zero attached hydrogens (tertiary/aromatic N) is 1. The number of pyridine rings is 1. The molecule has 1 fully saturated rings. The average Bonchev–Trinajstić information content (AvgIpc) is 3.56. The van der Waals surface area contributed by atoms with Gasteiger partial charge in [-0.25, -0.2) is 14.6 Å². The Morgan fingerprint density at radius 2 is 1.82 bits per heavy atom. The molecule has 44 heavy (non-hydrogen) atoms. The van der Waals surface area contributed by atoms with Gasteiger partial charge >= 0.3 is 23.9 Å². The molecule has 0 spiro atoms. The van der Waals surface area contributed by atoms with Crippen LogP contribution in [-0.4, -0.2) is 66.7 Å². The highest BCUT2D eigenvalue weighted by Gasteiger charge is 2.42. The molecule has 1 aromatic carbocycles. The third-order valence-corrected chi connectivity index (χ3v) is 7.54. The van der Waals surface area contributed by atoms with Gasteiger partial charge in [0.15, 0.2) is 23.6 Å². The van der Waals surface area contributed by atoms with Crippen molar-refractivity contribution >= 4 is 41.1 Å². The second kappa shape index (κ2) is 14.6. The minimum atomic E-state index is -1.47. The number of aromatic nitrogens is 1. The van der Waals surface area contributed by atoms with E-state index in [1.165, 1.54) is 26.3 Å². The maximum Gasteiger partial charge on any atom is 0.353 e. The van der Waals surface area contributed by atoms with Crippen LogP contribution in [0.5, 0.6) is 11.5 Å². The summed E-state index contributed by atoms with van der Waals surface area (Å²) in [4.78, 5) is 69.7. The van der Waals surface area contributed by atoms with Crippen molar-refractivity contribution < 1.29 is 47.7 Å². The lowest BCUT2D eigenvalue weighted by atomic mass is 9.91. The minimum absolute atomic E-state index is 0.0470. The normalized spacial score (nSPS) is 20.3. The number of hydrogen-bond acceptors (Lipinski definition) is 12. The first kappa shape index (κ1) is 32.1. The van der Waals surface area contributed by atoms with Crippen molar-refractivity contribution in [2.24, 2.45) is 11.8 Å². The quantitative estimate of drug-likeness (QED) is 0.275. The van der Waals surface area contributed by atoms with Gasteiger partial charge in [0, 0.05) is 12.3 Å². The number of thiophene rings is 1. The molecule has 1 aliphatic heterocycles. The van der Waals surface area contributed by atoms with Crippen molar-refractivity contribution in [1.82, 2.24) is 10.3 Å². The molecule has 0 radical (unpaired) electrons. The third kappa shape index (κ3) is 7.78. The van der Waals surface area contributed by atoms with Crippen LogP contribution in [0.1, 0.15) is 46.5 Å². The highest BCUT2D eigenvalue weighted by atomic mass is 32.1. The van der Waals surface area contributed by atoms with Crippen LogP contribution in [0, 0.1) is 11.8 Å². The van der Waals surface area contributed by atoms with Crippen LogP contribution in [0.4, 0.5) is 0 Å². The van der Waals surface area contributed by atoms with Gasteiger partial charge in [0.1, 0.15) is 23.5 Å². The summed E-state index contributed by atoms with van der Waals surface area (Å²) < 4.78 is 27.5. The Morgan fingerprint density at radius 3 is 2.48 bits per heavy atom. The maximum atomic E-state index is 13.4. The van der Waals surface area contributed by atoms with Crippen LogP contribution in [0.3, 0.4) is 0 Å². The Bertz CT molecular complexity index is 1490. The molecule has 13 heteroatoms. The topological polar surface area (TPSA) is 156 Å². The van der Waals surface area contributed by atoms with Crippen LogP contribution in [0.25, 0.3) is 0 Å². The molecule has 3 heterocycles. The lowest BCUT2D eigenvalue weighted by molar-refractivity contribution is -0.176. The summed E-state index contributed by atoms with van der Waals surface area (Å²) in [7, 11) is 1.32. The van der Waals surface area contributed by atoms with Crippen molar-refractivity contribution in [1.29, 1.82) is 0 Å². The summed E-state index contributed by atoms with van der Waals surface area (Å²) in [6, 6.07) is 12.2. The lowest BCUT2D eigenvalue weighted by Crippen LogP contribution is -2.47. The Balaban J connectivity index is 1.59. The largest absolute Gasteiger partial charge is 0.493 e. The Labute approximate surface area is 257 Å². The molecular formula is C31H32N2O10S. The van der Waals surface area contributed by atoms with E-state index >= 15 is 0 Å². The second-order valence-electron chi connectivity index (χ2n) is 10.2. The van der Waals surface area contributed by atoms with Gasteiger partial charge < -0.3 is 29.0 Å². The SMILES string of the molecule is COc1ccnc(C(=O)N[C@H]2COC(=O)[C@H](Cc3ccccc3)C(OC(=O)C(C)C)[C@H](C)OC2=O)c1OC(=O)c1cccs1. The van der Waals surface area contributed by atoms with E-state index < -0.39 is 66.5 Å². The number of carbonyl (C=O) groups excluding carboxylic acids is 5. The molecule has 0 aliphatic carbocycles. The summed E-state index contributed by atoms with van der Waals surface area (Å²) in [5.41, 5.74) is 0.420. The molecule has 3 aromatic rings. The summed E-state index contributed by atoms with van der Waals surface area (Å²) in [6.07, 6.45) is -0.844. The Hall–Kier alpha value is -4.78. The first-order valence-electron chi connectivity index (χ1n) is 13.8. The van der Waals surface area contributed by atoms with Crippen LogP contribution in [0.15, 0.2) is 60.1 Å². The van der Waals surface area contributed by atoms with Crippen molar-refractivity contribution in [2.45, 2.75) is 45.4 Å². The van der Waals surface area contributed by atoms with E-state index in [9.17, 15) is 24.0 Å². The number of esters is 4. The minimum Gasteiger partial charge on any atom is -0.493 e. The van der Waals surface area contributed by atoms with Crippen molar-refractivity contribution in [3.63, 3.8) is 0 Å². The van der Waals surface area contributed by atoms with Gasteiger partial charge in [0.05, 0.1) is 13.0 Å². The summed E-state index contributed by atoms with van der Waals surface area (Å²) in [6.45, 7) is 4.20. The van der Waals surface area contributed by atoms with Gasteiger partial charge in [0.25, 0.3) is 5.91 Å². The molecule has 12 nitrogen and oxygen atoms in total. The van der Waals surface area contributed by atoms with Crippen molar-refractivity contribution in [3.8, 4) is 11.5 Å². The number of methoxy groups -OCH3 is 1. The number of benzene rings is 1. The van der Waals surface area contributed by atoms with Gasteiger partial charge in [0.2, 0.25) is 5.75 Å². The molecule has 1 N–H and O–H groups in total. The summed E-state index contributed by atoms with van der Waals surface area (Å²) in [5.74, 6) is -5.67. The molecular weight excluding hydrogens is 592 g/mol. The van der Waals surface area contributed by atoms with E-state index in [1.807, 2.05) is 18.2 Å². The fourth-order valence-electron chi connectivity index (χ4n) is 4.37. The number of hydrogen-bond donors (Lipinski definition) is 1.